The van der Waals surface area contributed by atoms with Crippen LogP contribution in [0.15, 0.2) is 24.3 Å². The highest BCUT2D eigenvalue weighted by molar-refractivity contribution is 5.38. The van der Waals surface area contributed by atoms with Crippen LogP contribution in [0, 0.1) is 5.41 Å². The molecule has 1 aromatic carbocycles. The van der Waals surface area contributed by atoms with Gasteiger partial charge in [-0.15, -0.1) is 0 Å². The molecule has 0 aromatic heterocycles. The summed E-state index contributed by atoms with van der Waals surface area (Å²) in [4.78, 5) is 0. The maximum absolute atomic E-state index is 5.94. The molecule has 0 atom stereocenters. The van der Waals surface area contributed by atoms with Crippen molar-refractivity contribution < 1.29 is 4.74 Å². The predicted molar refractivity (Wildman–Crippen MR) is 73.5 cm³/mol. The number of ether oxygens (including phenoxy) is 1. The molecule has 0 aliphatic rings. The second kappa shape index (κ2) is 5.09. The highest BCUT2D eigenvalue weighted by Crippen LogP contribution is 2.31. The summed E-state index contributed by atoms with van der Waals surface area (Å²) in [6.07, 6.45) is 0. The van der Waals surface area contributed by atoms with Gasteiger partial charge >= 0.3 is 0 Å². The third-order valence-electron chi connectivity index (χ3n) is 2.87. The van der Waals surface area contributed by atoms with Gasteiger partial charge < -0.3 is 10.5 Å². The normalized spacial score (nSPS) is 12.6. The third kappa shape index (κ3) is 4.04. The van der Waals surface area contributed by atoms with Gasteiger partial charge in [-0.05, 0) is 17.0 Å². The smallest absolute Gasteiger partial charge is 0.123 e. The first-order valence-corrected chi connectivity index (χ1v) is 6.19. The van der Waals surface area contributed by atoms with E-state index < -0.39 is 0 Å². The van der Waals surface area contributed by atoms with Crippen molar-refractivity contribution in [3.63, 3.8) is 0 Å². The highest BCUT2D eigenvalue weighted by atomic mass is 16.5. The Morgan fingerprint density at radius 3 is 2.18 bits per heavy atom. The Bertz CT molecular complexity index is 363. The van der Waals surface area contributed by atoms with Crippen molar-refractivity contribution in [3.8, 4) is 5.75 Å². The Morgan fingerprint density at radius 2 is 1.65 bits per heavy atom. The number of benzene rings is 1. The number of para-hydroxylation sites is 1. The lowest BCUT2D eigenvalue weighted by molar-refractivity contribution is 0.184. The summed E-state index contributed by atoms with van der Waals surface area (Å²) in [6, 6.07) is 8.24. The van der Waals surface area contributed by atoms with Crippen molar-refractivity contribution in [2.75, 3.05) is 13.2 Å². The van der Waals surface area contributed by atoms with Crippen LogP contribution < -0.4 is 10.5 Å². The number of rotatable bonds is 4. The number of nitrogens with two attached hydrogens (primary N) is 1. The third-order valence-corrected chi connectivity index (χ3v) is 2.87. The Kier molecular flexibility index (Phi) is 4.21. The Balaban J connectivity index is 2.85. The van der Waals surface area contributed by atoms with Crippen LogP contribution in [-0.4, -0.2) is 13.2 Å². The van der Waals surface area contributed by atoms with Gasteiger partial charge in [0.2, 0.25) is 0 Å². The number of hydrogen-bond donors (Lipinski definition) is 1. The van der Waals surface area contributed by atoms with Gasteiger partial charge in [-0.25, -0.2) is 0 Å². The summed E-state index contributed by atoms with van der Waals surface area (Å²) in [6.45, 7) is 12.1. The van der Waals surface area contributed by atoms with Gasteiger partial charge in [0, 0.05) is 12.0 Å². The van der Waals surface area contributed by atoms with E-state index in [1.165, 1.54) is 5.56 Å². The zero-order valence-corrected chi connectivity index (χ0v) is 11.7. The molecular formula is C15H25NO. The molecule has 1 rings (SSSR count). The molecular weight excluding hydrogens is 210 g/mol. The van der Waals surface area contributed by atoms with Crippen LogP contribution in [0.5, 0.6) is 5.75 Å². The summed E-state index contributed by atoms with van der Waals surface area (Å²) < 4.78 is 5.94. The molecule has 96 valence electrons. The standard InChI is InChI=1S/C15H25NO/c1-14(2,3)12-8-6-7-9-13(12)17-11-15(4,5)10-16/h6-9H,10-11,16H2,1-5H3. The molecule has 0 aliphatic heterocycles. The molecule has 0 aliphatic carbocycles. The van der Waals surface area contributed by atoms with Crippen LogP contribution in [0.25, 0.3) is 0 Å². The van der Waals surface area contributed by atoms with E-state index in [4.69, 9.17) is 10.5 Å². The molecule has 0 unspecified atom stereocenters. The molecule has 2 nitrogen and oxygen atoms in total. The molecule has 0 spiro atoms. The van der Waals surface area contributed by atoms with Gasteiger partial charge in [0.25, 0.3) is 0 Å². The molecule has 0 fully saturated rings. The van der Waals surface area contributed by atoms with E-state index in [1.54, 1.807) is 0 Å². The van der Waals surface area contributed by atoms with Crippen LogP contribution in [0.2, 0.25) is 0 Å². The van der Waals surface area contributed by atoms with Crippen molar-refractivity contribution in [1.29, 1.82) is 0 Å². The van der Waals surface area contributed by atoms with Crippen molar-refractivity contribution >= 4 is 0 Å². The Hall–Kier alpha value is -1.02. The predicted octanol–water partition coefficient (Wildman–Crippen LogP) is 3.35. The molecule has 2 N–H and O–H groups in total. The van der Waals surface area contributed by atoms with Crippen molar-refractivity contribution in [3.05, 3.63) is 29.8 Å². The second-order valence-corrected chi connectivity index (χ2v) is 6.40. The van der Waals surface area contributed by atoms with Gasteiger partial charge in [-0.2, -0.15) is 0 Å². The lowest BCUT2D eigenvalue weighted by Crippen LogP contribution is -2.30. The molecule has 0 saturated heterocycles. The fourth-order valence-corrected chi connectivity index (χ4v) is 1.54. The summed E-state index contributed by atoms with van der Waals surface area (Å²) >= 11 is 0. The van der Waals surface area contributed by atoms with E-state index in [9.17, 15) is 0 Å². The van der Waals surface area contributed by atoms with Crippen molar-refractivity contribution in [1.82, 2.24) is 0 Å². The molecule has 1 aromatic rings. The average Bonchev–Trinajstić information content (AvgIpc) is 2.26. The SMILES string of the molecule is CC(C)(CN)COc1ccccc1C(C)(C)C. The van der Waals surface area contributed by atoms with E-state index in [1.807, 2.05) is 12.1 Å². The van der Waals surface area contributed by atoms with Crippen LogP contribution >= 0.6 is 0 Å². The molecule has 2 heteroatoms. The number of hydrogen-bond acceptors (Lipinski definition) is 2. The quantitative estimate of drug-likeness (QED) is 0.868. The first kappa shape index (κ1) is 14.0. The van der Waals surface area contributed by atoms with E-state index >= 15 is 0 Å². The van der Waals surface area contributed by atoms with Gasteiger partial charge in [0.15, 0.2) is 0 Å². The van der Waals surface area contributed by atoms with Crippen LogP contribution in [0.4, 0.5) is 0 Å². The lowest BCUT2D eigenvalue weighted by atomic mass is 9.86. The summed E-state index contributed by atoms with van der Waals surface area (Å²) in [5.41, 5.74) is 7.08. The Labute approximate surface area is 105 Å². The summed E-state index contributed by atoms with van der Waals surface area (Å²) in [5, 5.41) is 0. The first-order chi connectivity index (χ1) is 7.76. The van der Waals surface area contributed by atoms with Gasteiger partial charge in [-0.1, -0.05) is 52.8 Å². The minimum atomic E-state index is 0.0188. The largest absolute Gasteiger partial charge is 0.493 e. The molecule has 0 heterocycles. The van der Waals surface area contributed by atoms with Crippen molar-refractivity contribution in [2.45, 2.75) is 40.0 Å². The van der Waals surface area contributed by atoms with Crippen LogP contribution in [0.3, 0.4) is 0 Å². The zero-order valence-electron chi connectivity index (χ0n) is 11.7. The van der Waals surface area contributed by atoms with Crippen LogP contribution in [0.1, 0.15) is 40.2 Å². The van der Waals surface area contributed by atoms with E-state index in [2.05, 4.69) is 46.8 Å². The molecule has 17 heavy (non-hydrogen) atoms. The zero-order chi connectivity index (χ0) is 13.1. The molecule has 0 amide bonds. The minimum absolute atomic E-state index is 0.0188. The monoisotopic (exact) mass is 235 g/mol. The van der Waals surface area contributed by atoms with Gasteiger partial charge in [0.05, 0.1) is 6.61 Å². The molecule has 0 saturated carbocycles. The Morgan fingerprint density at radius 1 is 1.06 bits per heavy atom. The van der Waals surface area contributed by atoms with Gasteiger partial charge in [0.1, 0.15) is 5.75 Å². The maximum Gasteiger partial charge on any atom is 0.123 e. The fourth-order valence-electron chi connectivity index (χ4n) is 1.54. The highest BCUT2D eigenvalue weighted by Gasteiger charge is 2.21. The molecule has 0 bridgehead atoms. The first-order valence-electron chi connectivity index (χ1n) is 6.19. The topological polar surface area (TPSA) is 35.2 Å². The van der Waals surface area contributed by atoms with Gasteiger partial charge in [-0.3, -0.25) is 0 Å². The van der Waals surface area contributed by atoms with Crippen molar-refractivity contribution in [2.24, 2.45) is 11.1 Å². The lowest BCUT2D eigenvalue weighted by Gasteiger charge is -2.26. The summed E-state index contributed by atoms with van der Waals surface area (Å²) in [5.74, 6) is 0.974. The summed E-state index contributed by atoms with van der Waals surface area (Å²) in [7, 11) is 0. The maximum atomic E-state index is 5.94. The minimum Gasteiger partial charge on any atom is -0.493 e. The van der Waals surface area contributed by atoms with Crippen LogP contribution in [-0.2, 0) is 5.41 Å². The van der Waals surface area contributed by atoms with E-state index in [0.717, 1.165) is 5.75 Å². The van der Waals surface area contributed by atoms with E-state index in [-0.39, 0.29) is 10.8 Å². The molecule has 0 radical (unpaired) electrons. The second-order valence-electron chi connectivity index (χ2n) is 6.40. The fraction of sp³-hybridized carbons (Fsp3) is 0.600. The average molecular weight is 235 g/mol. The van der Waals surface area contributed by atoms with E-state index in [0.29, 0.717) is 13.2 Å².